The summed E-state index contributed by atoms with van der Waals surface area (Å²) in [7, 11) is 0. The number of aryl methyl sites for hydroxylation is 1. The molecule has 0 amide bonds. The van der Waals surface area contributed by atoms with Gasteiger partial charge in [0.1, 0.15) is 0 Å². The first-order valence-corrected chi connectivity index (χ1v) is 5.61. The minimum Gasteiger partial charge on any atom is -0.396 e. The molecule has 0 aliphatic carbocycles. The molecule has 0 fully saturated rings. The Morgan fingerprint density at radius 3 is 2.82 bits per heavy atom. The topological polar surface area (TPSA) is 58.0 Å². The maximum Gasteiger partial charge on any atom is 0.330 e. The van der Waals surface area contributed by atoms with Gasteiger partial charge in [-0.1, -0.05) is 19.1 Å². The minimum absolute atomic E-state index is 0.0740. The summed E-state index contributed by atoms with van der Waals surface area (Å²) in [6.45, 7) is 3.93. The number of aliphatic hydroxyl groups excluding tert-OH is 1. The average Bonchev–Trinajstić information content (AvgIpc) is 2.68. The molecule has 0 saturated heterocycles. The summed E-state index contributed by atoms with van der Waals surface area (Å²) in [6.07, 6.45) is 1.68. The number of rotatable bonds is 3. The van der Waals surface area contributed by atoms with E-state index in [0.29, 0.717) is 0 Å². The van der Waals surface area contributed by atoms with Crippen molar-refractivity contribution in [2.45, 2.75) is 19.8 Å². The van der Waals surface area contributed by atoms with Crippen molar-refractivity contribution in [3.8, 4) is 5.69 Å². The highest BCUT2D eigenvalue weighted by molar-refractivity contribution is 5.38. The first kappa shape index (κ1) is 11.7. The van der Waals surface area contributed by atoms with E-state index in [1.807, 2.05) is 38.1 Å². The van der Waals surface area contributed by atoms with Crippen molar-refractivity contribution >= 4 is 0 Å². The van der Waals surface area contributed by atoms with Crippen molar-refractivity contribution in [3.63, 3.8) is 0 Å². The molecule has 0 saturated carbocycles. The van der Waals surface area contributed by atoms with Crippen LogP contribution in [0, 0.1) is 6.92 Å². The van der Waals surface area contributed by atoms with Crippen LogP contribution in [0.5, 0.6) is 0 Å². The first-order chi connectivity index (χ1) is 8.13. The van der Waals surface area contributed by atoms with Gasteiger partial charge in [-0.2, -0.15) is 0 Å². The fourth-order valence-corrected chi connectivity index (χ4v) is 1.85. The molecule has 90 valence electrons. The van der Waals surface area contributed by atoms with E-state index in [-0.39, 0.29) is 18.2 Å². The highest BCUT2D eigenvalue weighted by Crippen LogP contribution is 2.18. The lowest BCUT2D eigenvalue weighted by molar-refractivity contribution is 0.273. The van der Waals surface area contributed by atoms with E-state index in [1.165, 1.54) is 0 Å². The molecule has 1 aromatic carbocycles. The molecule has 2 N–H and O–H groups in total. The van der Waals surface area contributed by atoms with Crippen LogP contribution in [-0.4, -0.2) is 21.3 Å². The highest BCUT2D eigenvalue weighted by atomic mass is 16.3. The van der Waals surface area contributed by atoms with Gasteiger partial charge in [-0.25, -0.2) is 4.79 Å². The van der Waals surface area contributed by atoms with Crippen LogP contribution in [0.15, 0.2) is 35.3 Å². The monoisotopic (exact) mass is 232 g/mol. The van der Waals surface area contributed by atoms with Crippen molar-refractivity contribution in [2.75, 3.05) is 6.61 Å². The normalized spacial score (nSPS) is 12.6. The molecule has 0 spiro atoms. The molecule has 1 unspecified atom stereocenters. The van der Waals surface area contributed by atoms with Gasteiger partial charge in [0.25, 0.3) is 0 Å². The maximum atomic E-state index is 11.6. The molecule has 1 heterocycles. The number of nitrogens with one attached hydrogen (secondary N) is 1. The van der Waals surface area contributed by atoms with Crippen molar-refractivity contribution < 1.29 is 5.11 Å². The zero-order valence-corrected chi connectivity index (χ0v) is 9.97. The van der Waals surface area contributed by atoms with E-state index in [4.69, 9.17) is 5.11 Å². The van der Waals surface area contributed by atoms with Crippen molar-refractivity contribution in [3.05, 3.63) is 52.2 Å². The van der Waals surface area contributed by atoms with Crippen LogP contribution < -0.4 is 5.69 Å². The van der Waals surface area contributed by atoms with E-state index in [9.17, 15) is 4.79 Å². The second-order valence-electron chi connectivity index (χ2n) is 4.25. The molecule has 0 aliphatic rings. The summed E-state index contributed by atoms with van der Waals surface area (Å²) in [5.74, 6) is 0.0740. The van der Waals surface area contributed by atoms with E-state index in [0.717, 1.165) is 16.9 Å². The second-order valence-corrected chi connectivity index (χ2v) is 4.25. The Morgan fingerprint density at radius 1 is 1.47 bits per heavy atom. The van der Waals surface area contributed by atoms with Crippen LogP contribution in [0.3, 0.4) is 0 Å². The molecule has 1 aromatic heterocycles. The average molecular weight is 232 g/mol. The predicted octanol–water partition coefficient (Wildman–Crippen LogP) is 1.57. The Morgan fingerprint density at radius 2 is 2.24 bits per heavy atom. The number of nitrogens with zero attached hydrogens (tertiary/aromatic N) is 1. The summed E-state index contributed by atoms with van der Waals surface area (Å²) in [5.41, 5.74) is 2.57. The number of aromatic nitrogens is 2. The molecule has 17 heavy (non-hydrogen) atoms. The molecular formula is C13H16N2O2. The number of imidazole rings is 1. The Kier molecular flexibility index (Phi) is 3.15. The van der Waals surface area contributed by atoms with Gasteiger partial charge in [-0.15, -0.1) is 0 Å². The molecule has 0 radical (unpaired) electrons. The third-order valence-electron chi connectivity index (χ3n) is 2.93. The molecule has 4 heteroatoms. The van der Waals surface area contributed by atoms with E-state index >= 15 is 0 Å². The van der Waals surface area contributed by atoms with E-state index in [1.54, 1.807) is 10.8 Å². The maximum absolute atomic E-state index is 11.6. The van der Waals surface area contributed by atoms with Crippen LogP contribution in [0.4, 0.5) is 0 Å². The fourth-order valence-electron chi connectivity index (χ4n) is 1.85. The zero-order valence-electron chi connectivity index (χ0n) is 9.97. The highest BCUT2D eigenvalue weighted by Gasteiger charge is 2.08. The van der Waals surface area contributed by atoms with Crippen molar-refractivity contribution in [2.24, 2.45) is 0 Å². The van der Waals surface area contributed by atoms with Crippen LogP contribution in [-0.2, 0) is 0 Å². The SMILES string of the molecule is Cc1c[nH]c(=O)n1-c1cccc(C(C)CO)c1. The molecule has 4 nitrogen and oxygen atoms in total. The van der Waals surface area contributed by atoms with Crippen LogP contribution in [0.2, 0.25) is 0 Å². The molecule has 1 atom stereocenters. The van der Waals surface area contributed by atoms with Crippen LogP contribution >= 0.6 is 0 Å². The van der Waals surface area contributed by atoms with Crippen LogP contribution in [0.1, 0.15) is 24.1 Å². The third kappa shape index (κ3) is 2.17. The minimum atomic E-state index is -0.142. The summed E-state index contributed by atoms with van der Waals surface area (Å²) in [4.78, 5) is 14.3. The molecule has 0 aliphatic heterocycles. The molecular weight excluding hydrogens is 216 g/mol. The van der Waals surface area contributed by atoms with Crippen molar-refractivity contribution in [1.82, 2.24) is 9.55 Å². The van der Waals surface area contributed by atoms with E-state index in [2.05, 4.69) is 4.98 Å². The fraction of sp³-hybridized carbons (Fsp3) is 0.308. The van der Waals surface area contributed by atoms with Crippen LogP contribution in [0.25, 0.3) is 5.69 Å². The Labute approximate surface area is 99.5 Å². The molecule has 0 bridgehead atoms. The molecule has 2 rings (SSSR count). The number of hydrogen-bond acceptors (Lipinski definition) is 2. The van der Waals surface area contributed by atoms with Gasteiger partial charge in [0.15, 0.2) is 0 Å². The summed E-state index contributed by atoms with van der Waals surface area (Å²) in [6, 6.07) is 7.67. The summed E-state index contributed by atoms with van der Waals surface area (Å²) >= 11 is 0. The van der Waals surface area contributed by atoms with Gasteiger partial charge in [-0.05, 0) is 24.6 Å². The van der Waals surface area contributed by atoms with Gasteiger partial charge in [-0.3, -0.25) is 4.57 Å². The lowest BCUT2D eigenvalue weighted by Crippen LogP contribution is -2.16. The second kappa shape index (κ2) is 4.59. The molecule has 2 aromatic rings. The Bertz CT molecular complexity index is 569. The summed E-state index contributed by atoms with van der Waals surface area (Å²) in [5, 5.41) is 9.14. The van der Waals surface area contributed by atoms with Gasteiger partial charge in [0.05, 0.1) is 5.69 Å². The number of H-pyrrole nitrogens is 1. The smallest absolute Gasteiger partial charge is 0.330 e. The first-order valence-electron chi connectivity index (χ1n) is 5.61. The Hall–Kier alpha value is -1.81. The predicted molar refractivity (Wildman–Crippen MR) is 66.6 cm³/mol. The van der Waals surface area contributed by atoms with Gasteiger partial charge < -0.3 is 10.1 Å². The van der Waals surface area contributed by atoms with Gasteiger partial charge >= 0.3 is 5.69 Å². The number of hydrogen-bond donors (Lipinski definition) is 2. The van der Waals surface area contributed by atoms with Gasteiger partial charge in [0.2, 0.25) is 0 Å². The third-order valence-corrected chi connectivity index (χ3v) is 2.93. The quantitative estimate of drug-likeness (QED) is 0.844. The van der Waals surface area contributed by atoms with Gasteiger partial charge in [0, 0.05) is 24.4 Å². The summed E-state index contributed by atoms with van der Waals surface area (Å²) < 4.78 is 1.62. The Balaban J connectivity index is 2.50. The standard InChI is InChI=1S/C13H16N2O2/c1-9(8-16)11-4-3-5-12(6-11)15-10(2)7-14-13(15)17/h3-7,9,16H,8H2,1-2H3,(H,14,17). The lowest BCUT2D eigenvalue weighted by atomic mass is 10.0. The lowest BCUT2D eigenvalue weighted by Gasteiger charge is -2.11. The van der Waals surface area contributed by atoms with E-state index < -0.39 is 0 Å². The number of benzene rings is 1. The largest absolute Gasteiger partial charge is 0.396 e. The zero-order chi connectivity index (χ0) is 12.4. The van der Waals surface area contributed by atoms with Crippen molar-refractivity contribution in [1.29, 1.82) is 0 Å². The number of aliphatic hydroxyl groups is 1. The number of aromatic amines is 1.